The van der Waals surface area contributed by atoms with E-state index in [-0.39, 0.29) is 0 Å². The third-order valence-electron chi connectivity index (χ3n) is 2.82. The highest BCUT2D eigenvalue weighted by atomic mass is 35.5. The molecule has 82 valence electrons. The molecule has 0 aliphatic carbocycles. The first-order valence-electron chi connectivity index (χ1n) is 5.37. The number of imidazole rings is 1. The van der Waals surface area contributed by atoms with Gasteiger partial charge in [0.25, 0.3) is 0 Å². The van der Waals surface area contributed by atoms with Gasteiger partial charge in [0.05, 0.1) is 11.4 Å². The van der Waals surface area contributed by atoms with Gasteiger partial charge in [-0.3, -0.25) is 0 Å². The minimum Gasteiger partial charge on any atom is -0.341 e. The van der Waals surface area contributed by atoms with E-state index in [2.05, 4.69) is 15.3 Å². The summed E-state index contributed by atoms with van der Waals surface area (Å²) in [5.74, 6) is 0.936. The Morgan fingerprint density at radius 1 is 1.19 bits per heavy atom. The molecule has 2 aromatic rings. The van der Waals surface area contributed by atoms with E-state index in [0.717, 1.165) is 35.9 Å². The largest absolute Gasteiger partial charge is 0.341 e. The second-order valence-corrected chi connectivity index (χ2v) is 4.38. The van der Waals surface area contributed by atoms with Gasteiger partial charge in [0.2, 0.25) is 0 Å². The molecule has 0 unspecified atom stereocenters. The van der Waals surface area contributed by atoms with Crippen molar-refractivity contribution in [1.82, 2.24) is 15.3 Å². The van der Waals surface area contributed by atoms with Gasteiger partial charge in [-0.25, -0.2) is 4.98 Å². The summed E-state index contributed by atoms with van der Waals surface area (Å²) < 4.78 is 0. The summed E-state index contributed by atoms with van der Waals surface area (Å²) in [6.45, 7) is 1.90. The third-order valence-corrected chi connectivity index (χ3v) is 3.07. The fourth-order valence-corrected chi connectivity index (χ4v) is 2.09. The van der Waals surface area contributed by atoms with Crippen LogP contribution in [-0.4, -0.2) is 16.5 Å². The lowest BCUT2D eigenvalue weighted by Gasteiger charge is -2.09. The molecule has 0 amide bonds. The normalized spacial score (nSPS) is 14.8. The molecule has 16 heavy (non-hydrogen) atoms. The van der Waals surface area contributed by atoms with Gasteiger partial charge in [-0.05, 0) is 24.3 Å². The van der Waals surface area contributed by atoms with Crippen LogP contribution in [0.15, 0.2) is 24.3 Å². The number of fused-ring (bicyclic) bond motifs is 1. The highest BCUT2D eigenvalue weighted by molar-refractivity contribution is 6.30. The highest BCUT2D eigenvalue weighted by Crippen LogP contribution is 2.21. The average molecular weight is 234 g/mol. The Balaban J connectivity index is 2.00. The van der Waals surface area contributed by atoms with Crippen LogP contribution in [0.3, 0.4) is 0 Å². The minimum atomic E-state index is 0.752. The summed E-state index contributed by atoms with van der Waals surface area (Å²) in [7, 11) is 0. The minimum absolute atomic E-state index is 0.752. The van der Waals surface area contributed by atoms with Crippen LogP contribution in [0.2, 0.25) is 5.02 Å². The Labute approximate surface area is 98.9 Å². The smallest absolute Gasteiger partial charge is 0.137 e. The van der Waals surface area contributed by atoms with E-state index >= 15 is 0 Å². The Morgan fingerprint density at radius 2 is 2.00 bits per heavy atom. The molecule has 2 N–H and O–H groups in total. The first kappa shape index (κ1) is 9.87. The first-order valence-corrected chi connectivity index (χ1v) is 5.75. The predicted octanol–water partition coefficient (Wildman–Crippen LogP) is 2.38. The van der Waals surface area contributed by atoms with Crippen LogP contribution in [0, 0.1) is 0 Å². The van der Waals surface area contributed by atoms with E-state index in [4.69, 9.17) is 11.6 Å². The van der Waals surface area contributed by atoms with Crippen molar-refractivity contribution in [2.45, 2.75) is 13.0 Å². The Bertz CT molecular complexity index is 478. The second-order valence-electron chi connectivity index (χ2n) is 3.94. The van der Waals surface area contributed by atoms with E-state index in [1.165, 1.54) is 11.4 Å². The van der Waals surface area contributed by atoms with Crippen LogP contribution in [0.25, 0.3) is 11.4 Å². The number of aromatic nitrogens is 2. The number of H-pyrrole nitrogens is 1. The van der Waals surface area contributed by atoms with Gasteiger partial charge in [-0.15, -0.1) is 0 Å². The van der Waals surface area contributed by atoms with Gasteiger partial charge < -0.3 is 10.3 Å². The number of benzene rings is 1. The summed E-state index contributed by atoms with van der Waals surface area (Å²) in [6.07, 6.45) is 0.999. The van der Waals surface area contributed by atoms with E-state index < -0.39 is 0 Å². The van der Waals surface area contributed by atoms with Crippen molar-refractivity contribution >= 4 is 11.6 Å². The van der Waals surface area contributed by atoms with Gasteiger partial charge >= 0.3 is 0 Å². The zero-order valence-corrected chi connectivity index (χ0v) is 9.51. The zero-order chi connectivity index (χ0) is 11.0. The van der Waals surface area contributed by atoms with E-state index in [1.807, 2.05) is 24.3 Å². The number of aromatic amines is 1. The lowest BCUT2D eigenvalue weighted by Crippen LogP contribution is -2.23. The van der Waals surface area contributed by atoms with Gasteiger partial charge in [0.1, 0.15) is 5.82 Å². The maximum absolute atomic E-state index is 5.86. The maximum atomic E-state index is 5.86. The quantitative estimate of drug-likeness (QED) is 0.794. The molecule has 1 aromatic heterocycles. The van der Waals surface area contributed by atoms with Crippen molar-refractivity contribution in [1.29, 1.82) is 0 Å². The number of halogens is 1. The molecule has 4 heteroatoms. The van der Waals surface area contributed by atoms with Crippen LogP contribution < -0.4 is 5.32 Å². The topological polar surface area (TPSA) is 40.7 Å². The van der Waals surface area contributed by atoms with E-state index in [1.54, 1.807) is 0 Å². The van der Waals surface area contributed by atoms with Crippen LogP contribution in [0.5, 0.6) is 0 Å². The molecule has 3 rings (SSSR count). The predicted molar refractivity (Wildman–Crippen MR) is 64.4 cm³/mol. The number of nitrogens with zero attached hydrogens (tertiary/aromatic N) is 1. The van der Waals surface area contributed by atoms with Gasteiger partial charge in [-0.2, -0.15) is 0 Å². The molecule has 0 radical (unpaired) electrons. The number of hydrogen-bond donors (Lipinski definition) is 2. The monoisotopic (exact) mass is 233 g/mol. The van der Waals surface area contributed by atoms with E-state index in [0.29, 0.717) is 0 Å². The SMILES string of the molecule is Clc1ccc(-c2nc3c([nH]2)CNCC3)cc1. The molecular weight excluding hydrogens is 222 g/mol. The van der Waals surface area contributed by atoms with Gasteiger partial charge in [0.15, 0.2) is 0 Å². The molecule has 1 aliphatic heterocycles. The Morgan fingerprint density at radius 3 is 2.75 bits per heavy atom. The van der Waals surface area contributed by atoms with Crippen molar-refractivity contribution in [3.05, 3.63) is 40.7 Å². The molecule has 1 aromatic carbocycles. The van der Waals surface area contributed by atoms with E-state index in [9.17, 15) is 0 Å². The molecule has 0 atom stereocenters. The lowest BCUT2D eigenvalue weighted by molar-refractivity contribution is 0.627. The van der Waals surface area contributed by atoms with Crippen LogP contribution >= 0.6 is 11.6 Å². The van der Waals surface area contributed by atoms with Crippen LogP contribution in [0.1, 0.15) is 11.4 Å². The molecule has 0 fully saturated rings. The summed E-state index contributed by atoms with van der Waals surface area (Å²) in [6, 6.07) is 7.74. The molecular formula is C12H12ClN3. The van der Waals surface area contributed by atoms with Crippen molar-refractivity contribution in [3.8, 4) is 11.4 Å². The summed E-state index contributed by atoms with van der Waals surface area (Å²) >= 11 is 5.86. The average Bonchev–Trinajstić information content (AvgIpc) is 2.73. The standard InChI is InChI=1S/C12H12ClN3/c13-9-3-1-8(2-4-9)12-15-10-5-6-14-7-11(10)16-12/h1-4,14H,5-7H2,(H,15,16). The molecule has 1 aliphatic rings. The molecule has 2 heterocycles. The highest BCUT2D eigenvalue weighted by Gasteiger charge is 2.14. The Hall–Kier alpha value is -1.32. The molecule has 0 saturated heterocycles. The molecule has 0 saturated carbocycles. The van der Waals surface area contributed by atoms with Crippen LogP contribution in [0.4, 0.5) is 0 Å². The van der Waals surface area contributed by atoms with Crippen molar-refractivity contribution in [3.63, 3.8) is 0 Å². The lowest BCUT2D eigenvalue weighted by atomic mass is 10.2. The fourth-order valence-electron chi connectivity index (χ4n) is 1.96. The molecule has 0 bridgehead atoms. The summed E-state index contributed by atoms with van der Waals surface area (Å²) in [5.41, 5.74) is 3.47. The number of rotatable bonds is 1. The second kappa shape index (κ2) is 3.92. The van der Waals surface area contributed by atoms with Crippen molar-refractivity contribution < 1.29 is 0 Å². The zero-order valence-electron chi connectivity index (χ0n) is 8.76. The summed E-state index contributed by atoms with van der Waals surface area (Å²) in [5, 5.41) is 4.07. The van der Waals surface area contributed by atoms with Gasteiger partial charge in [0, 0.05) is 30.1 Å². The maximum Gasteiger partial charge on any atom is 0.137 e. The summed E-state index contributed by atoms with van der Waals surface area (Å²) in [4.78, 5) is 7.96. The van der Waals surface area contributed by atoms with Crippen molar-refractivity contribution in [2.24, 2.45) is 0 Å². The van der Waals surface area contributed by atoms with Gasteiger partial charge in [-0.1, -0.05) is 11.6 Å². The Kier molecular flexibility index (Phi) is 2.42. The van der Waals surface area contributed by atoms with Crippen LogP contribution in [-0.2, 0) is 13.0 Å². The molecule has 0 spiro atoms. The third kappa shape index (κ3) is 1.72. The fraction of sp³-hybridized carbons (Fsp3) is 0.250. The van der Waals surface area contributed by atoms with Crippen molar-refractivity contribution in [2.75, 3.05) is 6.54 Å². The number of nitrogens with one attached hydrogen (secondary N) is 2. The number of hydrogen-bond acceptors (Lipinski definition) is 2. The first-order chi connectivity index (χ1) is 7.83. The molecule has 3 nitrogen and oxygen atoms in total.